The topological polar surface area (TPSA) is 64.6 Å². The highest BCUT2D eigenvalue weighted by molar-refractivity contribution is 9.09. The lowest BCUT2D eigenvalue weighted by atomic mass is 10.2. The molecule has 0 radical (unpaired) electrons. The maximum Gasteiger partial charge on any atom is 0.261 e. The van der Waals surface area contributed by atoms with Crippen molar-refractivity contribution in [3.63, 3.8) is 0 Å². The van der Waals surface area contributed by atoms with Gasteiger partial charge in [0.05, 0.1) is 10.6 Å². The summed E-state index contributed by atoms with van der Waals surface area (Å²) in [6, 6.07) is 13.3. The van der Waals surface area contributed by atoms with E-state index in [1.165, 1.54) is 0 Å². The first-order valence-corrected chi connectivity index (χ1v) is 9.76. The summed E-state index contributed by atoms with van der Waals surface area (Å²) in [6.45, 7) is 0.452. The van der Waals surface area contributed by atoms with Crippen LogP contribution in [-0.2, 0) is 10.0 Å². The summed E-state index contributed by atoms with van der Waals surface area (Å²) in [4.78, 5) is 0.215. The predicted molar refractivity (Wildman–Crippen MR) is 92.0 cm³/mol. The van der Waals surface area contributed by atoms with Crippen molar-refractivity contribution in [2.75, 3.05) is 16.7 Å². The van der Waals surface area contributed by atoms with Crippen LogP contribution in [0, 0.1) is 0 Å². The van der Waals surface area contributed by atoms with Crippen molar-refractivity contribution in [1.29, 1.82) is 0 Å². The number of ether oxygens (including phenoxy) is 2. The summed E-state index contributed by atoms with van der Waals surface area (Å²) in [5.41, 5.74) is 0.440. The third-order valence-electron chi connectivity index (χ3n) is 3.40. The molecular formula is C16H16BrNO4S. The molecule has 0 fully saturated rings. The van der Waals surface area contributed by atoms with Gasteiger partial charge in [-0.3, -0.25) is 4.72 Å². The summed E-state index contributed by atoms with van der Waals surface area (Å²) >= 11 is 3.38. The summed E-state index contributed by atoms with van der Waals surface area (Å²) in [5, 5.41) is 0.839. The average Bonchev–Trinajstić information content (AvgIpc) is 2.56. The van der Waals surface area contributed by atoms with E-state index in [1.807, 2.05) is 0 Å². The van der Waals surface area contributed by atoms with Crippen molar-refractivity contribution in [3.8, 4) is 11.5 Å². The van der Waals surface area contributed by atoms with E-state index in [0.29, 0.717) is 23.8 Å². The number of hydrogen-bond acceptors (Lipinski definition) is 4. The number of anilines is 1. The van der Waals surface area contributed by atoms with Crippen LogP contribution >= 0.6 is 15.9 Å². The summed E-state index contributed by atoms with van der Waals surface area (Å²) in [5.74, 6) is 1.17. The van der Waals surface area contributed by atoms with Gasteiger partial charge in [0.15, 0.2) is 11.5 Å². The smallest absolute Gasteiger partial charge is 0.261 e. The molecule has 2 aromatic rings. The molecule has 1 heterocycles. The Morgan fingerprint density at radius 2 is 1.91 bits per heavy atom. The highest BCUT2D eigenvalue weighted by Crippen LogP contribution is 2.35. The monoisotopic (exact) mass is 397 g/mol. The highest BCUT2D eigenvalue weighted by atomic mass is 79.9. The Bertz CT molecular complexity index is 780. The van der Waals surface area contributed by atoms with E-state index in [2.05, 4.69) is 20.7 Å². The van der Waals surface area contributed by atoms with E-state index in [0.717, 1.165) is 11.8 Å². The highest BCUT2D eigenvalue weighted by Gasteiger charge is 2.22. The second-order valence-corrected chi connectivity index (χ2v) is 7.58. The molecule has 23 heavy (non-hydrogen) atoms. The zero-order valence-electron chi connectivity index (χ0n) is 12.2. The van der Waals surface area contributed by atoms with Crippen LogP contribution in [0.4, 0.5) is 5.69 Å². The van der Waals surface area contributed by atoms with Crippen LogP contribution in [0.25, 0.3) is 0 Å². The molecule has 1 unspecified atom stereocenters. The molecule has 0 saturated carbocycles. The first-order valence-electron chi connectivity index (χ1n) is 7.16. The lowest BCUT2D eigenvalue weighted by molar-refractivity contribution is 0.0895. The van der Waals surface area contributed by atoms with Crippen molar-refractivity contribution in [2.24, 2.45) is 0 Å². The van der Waals surface area contributed by atoms with Gasteiger partial charge >= 0.3 is 0 Å². The molecule has 7 heteroatoms. The quantitative estimate of drug-likeness (QED) is 0.785. The molecule has 5 nitrogen and oxygen atoms in total. The Hall–Kier alpha value is -1.73. The standard InChI is InChI=1S/C16H16BrNO4S/c17-9-8-13-11-21-16-10-12(6-7-15(16)22-13)18-23(19,20)14-4-2-1-3-5-14/h1-7,10,13,18H,8-9,11H2. The lowest BCUT2D eigenvalue weighted by Crippen LogP contribution is -2.29. The molecule has 1 N–H and O–H groups in total. The van der Waals surface area contributed by atoms with E-state index in [-0.39, 0.29) is 11.0 Å². The van der Waals surface area contributed by atoms with E-state index < -0.39 is 10.0 Å². The second-order valence-electron chi connectivity index (χ2n) is 5.11. The number of hydrogen-bond donors (Lipinski definition) is 1. The Balaban J connectivity index is 1.78. The first kappa shape index (κ1) is 16.1. The average molecular weight is 398 g/mol. The van der Waals surface area contributed by atoms with Crippen LogP contribution < -0.4 is 14.2 Å². The van der Waals surface area contributed by atoms with Crippen LogP contribution in [0.3, 0.4) is 0 Å². The fourth-order valence-electron chi connectivity index (χ4n) is 2.26. The fraction of sp³-hybridized carbons (Fsp3) is 0.250. The van der Waals surface area contributed by atoms with Gasteiger partial charge in [0.2, 0.25) is 0 Å². The Morgan fingerprint density at radius 1 is 1.13 bits per heavy atom. The van der Waals surface area contributed by atoms with Crippen LogP contribution in [0.2, 0.25) is 0 Å². The third kappa shape index (κ3) is 3.79. The minimum absolute atomic E-state index is 0.00809. The van der Waals surface area contributed by atoms with Crippen LogP contribution in [0.1, 0.15) is 6.42 Å². The number of sulfonamides is 1. The van der Waals surface area contributed by atoms with Crippen molar-refractivity contribution in [3.05, 3.63) is 48.5 Å². The number of benzene rings is 2. The van der Waals surface area contributed by atoms with E-state index in [1.54, 1.807) is 48.5 Å². The molecule has 0 amide bonds. The van der Waals surface area contributed by atoms with Gasteiger partial charge in [0.1, 0.15) is 12.7 Å². The van der Waals surface area contributed by atoms with Crippen molar-refractivity contribution in [2.45, 2.75) is 17.4 Å². The van der Waals surface area contributed by atoms with Gasteiger partial charge in [0.25, 0.3) is 10.0 Å². The minimum atomic E-state index is -3.61. The SMILES string of the molecule is O=S(=O)(Nc1ccc2c(c1)OCC(CCBr)O2)c1ccccc1. The Morgan fingerprint density at radius 3 is 2.65 bits per heavy atom. The molecular weight excluding hydrogens is 382 g/mol. The molecule has 1 aliphatic rings. The summed E-state index contributed by atoms with van der Waals surface area (Å²) in [7, 11) is -3.61. The second kappa shape index (κ2) is 6.80. The number of halogens is 1. The summed E-state index contributed by atoms with van der Waals surface area (Å²) in [6.07, 6.45) is 0.857. The molecule has 0 aliphatic carbocycles. The zero-order valence-corrected chi connectivity index (χ0v) is 14.6. The van der Waals surface area contributed by atoms with Gasteiger partial charge in [-0.1, -0.05) is 34.1 Å². The normalized spacial score (nSPS) is 16.8. The summed E-state index contributed by atoms with van der Waals surface area (Å²) < 4.78 is 38.7. The van der Waals surface area contributed by atoms with Gasteiger partial charge < -0.3 is 9.47 Å². The molecule has 122 valence electrons. The third-order valence-corrected chi connectivity index (χ3v) is 5.25. The van der Waals surface area contributed by atoms with Crippen LogP contribution in [0.5, 0.6) is 11.5 Å². The Kier molecular flexibility index (Phi) is 4.77. The lowest BCUT2D eigenvalue weighted by Gasteiger charge is -2.26. The molecule has 3 rings (SSSR count). The molecule has 0 aromatic heterocycles. The first-order chi connectivity index (χ1) is 11.1. The number of rotatable bonds is 5. The van der Waals surface area contributed by atoms with Crippen LogP contribution in [0.15, 0.2) is 53.4 Å². The van der Waals surface area contributed by atoms with Crippen molar-refractivity contribution >= 4 is 31.6 Å². The predicted octanol–water partition coefficient (Wildman–Crippen LogP) is 3.41. The minimum Gasteiger partial charge on any atom is -0.486 e. The molecule has 1 aliphatic heterocycles. The van der Waals surface area contributed by atoms with E-state index in [4.69, 9.17) is 9.47 Å². The fourth-order valence-corrected chi connectivity index (χ4v) is 3.84. The van der Waals surface area contributed by atoms with Gasteiger partial charge in [-0.15, -0.1) is 0 Å². The molecule has 2 aromatic carbocycles. The van der Waals surface area contributed by atoms with Gasteiger partial charge in [-0.25, -0.2) is 8.42 Å². The van der Waals surface area contributed by atoms with Gasteiger partial charge in [0, 0.05) is 11.4 Å². The van der Waals surface area contributed by atoms with Gasteiger partial charge in [-0.2, -0.15) is 0 Å². The Labute approximate surface area is 143 Å². The molecule has 0 saturated heterocycles. The van der Waals surface area contributed by atoms with Gasteiger partial charge in [-0.05, 0) is 30.7 Å². The van der Waals surface area contributed by atoms with Crippen molar-refractivity contribution < 1.29 is 17.9 Å². The van der Waals surface area contributed by atoms with Crippen molar-refractivity contribution in [1.82, 2.24) is 0 Å². The maximum absolute atomic E-state index is 12.3. The largest absolute Gasteiger partial charge is 0.486 e. The number of nitrogens with one attached hydrogen (secondary N) is 1. The molecule has 0 bridgehead atoms. The van der Waals surface area contributed by atoms with E-state index in [9.17, 15) is 8.42 Å². The number of fused-ring (bicyclic) bond motifs is 1. The van der Waals surface area contributed by atoms with E-state index >= 15 is 0 Å². The number of alkyl halides is 1. The zero-order chi connectivity index (χ0) is 16.3. The molecule has 0 spiro atoms. The molecule has 1 atom stereocenters. The maximum atomic E-state index is 12.3. The van der Waals surface area contributed by atoms with Crippen LogP contribution in [-0.4, -0.2) is 26.5 Å².